The van der Waals surface area contributed by atoms with Crippen LogP contribution in [0.3, 0.4) is 0 Å². The highest BCUT2D eigenvalue weighted by Gasteiger charge is 1.98. The molecule has 0 spiro atoms. The molecule has 0 saturated heterocycles. The van der Waals surface area contributed by atoms with Crippen LogP contribution in [0.15, 0.2) is 18.2 Å². The van der Waals surface area contributed by atoms with Gasteiger partial charge in [0.15, 0.2) is 0 Å². The van der Waals surface area contributed by atoms with E-state index in [9.17, 15) is 4.39 Å². The van der Waals surface area contributed by atoms with Gasteiger partial charge >= 0.3 is 0 Å². The Morgan fingerprint density at radius 1 is 1.50 bits per heavy atom. The van der Waals surface area contributed by atoms with Crippen LogP contribution < -0.4 is 5.32 Å². The summed E-state index contributed by atoms with van der Waals surface area (Å²) in [5, 5.41) is 3.21. The second kappa shape index (κ2) is 5.29. The Bertz CT molecular complexity index is 339. The SMILES string of the molecule is C#CCCCNc1ccc(F)cc1C. The molecular formula is C12H14FN. The van der Waals surface area contributed by atoms with Gasteiger partial charge in [0.2, 0.25) is 0 Å². The van der Waals surface area contributed by atoms with Gasteiger partial charge in [-0.05, 0) is 37.1 Å². The lowest BCUT2D eigenvalue weighted by atomic mass is 10.2. The van der Waals surface area contributed by atoms with Gasteiger partial charge in [-0.25, -0.2) is 4.39 Å². The number of hydrogen-bond donors (Lipinski definition) is 1. The quantitative estimate of drug-likeness (QED) is 0.570. The highest BCUT2D eigenvalue weighted by Crippen LogP contribution is 2.15. The van der Waals surface area contributed by atoms with Crippen LogP contribution in [0.1, 0.15) is 18.4 Å². The van der Waals surface area contributed by atoms with E-state index < -0.39 is 0 Å². The number of halogens is 1. The number of terminal acetylenes is 1. The van der Waals surface area contributed by atoms with Crippen LogP contribution in [0.4, 0.5) is 10.1 Å². The zero-order chi connectivity index (χ0) is 10.4. The predicted octanol–water partition coefficient (Wildman–Crippen LogP) is 2.96. The maximum absolute atomic E-state index is 12.7. The number of nitrogens with one attached hydrogen (secondary N) is 1. The molecule has 0 atom stereocenters. The van der Waals surface area contributed by atoms with E-state index in [-0.39, 0.29) is 5.82 Å². The first-order chi connectivity index (χ1) is 6.74. The molecule has 1 N–H and O–H groups in total. The van der Waals surface area contributed by atoms with Gasteiger partial charge < -0.3 is 5.32 Å². The molecule has 1 nitrogen and oxygen atoms in total. The lowest BCUT2D eigenvalue weighted by molar-refractivity contribution is 0.627. The normalized spacial score (nSPS) is 9.50. The van der Waals surface area contributed by atoms with Crippen molar-refractivity contribution in [3.63, 3.8) is 0 Å². The largest absolute Gasteiger partial charge is 0.385 e. The molecule has 0 fully saturated rings. The molecule has 1 rings (SSSR count). The molecule has 1 aromatic carbocycles. The molecule has 0 amide bonds. The zero-order valence-electron chi connectivity index (χ0n) is 8.31. The van der Waals surface area contributed by atoms with Crippen molar-refractivity contribution in [2.24, 2.45) is 0 Å². The highest BCUT2D eigenvalue weighted by atomic mass is 19.1. The van der Waals surface area contributed by atoms with Gasteiger partial charge in [0.25, 0.3) is 0 Å². The molecule has 0 aliphatic heterocycles. The Morgan fingerprint density at radius 2 is 2.29 bits per heavy atom. The number of rotatable bonds is 4. The van der Waals surface area contributed by atoms with Crippen molar-refractivity contribution < 1.29 is 4.39 Å². The maximum atomic E-state index is 12.7. The monoisotopic (exact) mass is 191 g/mol. The number of aryl methyl sites for hydroxylation is 1. The minimum atomic E-state index is -0.198. The summed E-state index contributed by atoms with van der Waals surface area (Å²) in [6.07, 6.45) is 6.84. The molecule has 0 unspecified atom stereocenters. The number of benzene rings is 1. The van der Waals surface area contributed by atoms with Crippen molar-refractivity contribution in [1.29, 1.82) is 0 Å². The summed E-state index contributed by atoms with van der Waals surface area (Å²) in [5.74, 6) is 2.38. The standard InChI is InChI=1S/C12H14FN/c1-3-4-5-8-14-12-7-6-11(13)9-10(12)2/h1,6-7,9,14H,4-5,8H2,2H3. The van der Waals surface area contributed by atoms with Gasteiger partial charge in [-0.2, -0.15) is 0 Å². The van der Waals surface area contributed by atoms with Gasteiger partial charge in [0.05, 0.1) is 0 Å². The third-order valence-electron chi connectivity index (χ3n) is 2.00. The van der Waals surface area contributed by atoms with Gasteiger partial charge in [-0.1, -0.05) is 0 Å². The van der Waals surface area contributed by atoms with Gasteiger partial charge in [0.1, 0.15) is 5.82 Å². The smallest absolute Gasteiger partial charge is 0.123 e. The molecule has 74 valence electrons. The first-order valence-electron chi connectivity index (χ1n) is 4.67. The van der Waals surface area contributed by atoms with Crippen LogP contribution in [0.5, 0.6) is 0 Å². The summed E-state index contributed by atoms with van der Waals surface area (Å²) < 4.78 is 12.7. The van der Waals surface area contributed by atoms with Crippen LogP contribution in [0.25, 0.3) is 0 Å². The van der Waals surface area contributed by atoms with Gasteiger partial charge in [-0.15, -0.1) is 12.3 Å². The summed E-state index contributed by atoms with van der Waals surface area (Å²) in [7, 11) is 0. The zero-order valence-corrected chi connectivity index (χ0v) is 8.31. The molecule has 0 aliphatic rings. The Balaban J connectivity index is 2.47. The van der Waals surface area contributed by atoms with E-state index in [0.717, 1.165) is 30.6 Å². The fourth-order valence-corrected chi connectivity index (χ4v) is 1.24. The summed E-state index contributed by atoms with van der Waals surface area (Å²) in [5.41, 5.74) is 1.90. The summed E-state index contributed by atoms with van der Waals surface area (Å²) in [6.45, 7) is 2.71. The minimum absolute atomic E-state index is 0.198. The Labute approximate surface area is 84.3 Å². The first kappa shape index (κ1) is 10.6. The number of hydrogen-bond acceptors (Lipinski definition) is 1. The van der Waals surface area contributed by atoms with Crippen molar-refractivity contribution >= 4 is 5.69 Å². The molecule has 0 heterocycles. The van der Waals surface area contributed by atoms with Crippen LogP contribution in [-0.2, 0) is 0 Å². The fourth-order valence-electron chi connectivity index (χ4n) is 1.24. The van der Waals surface area contributed by atoms with Crippen LogP contribution >= 0.6 is 0 Å². The van der Waals surface area contributed by atoms with E-state index in [1.165, 1.54) is 12.1 Å². The van der Waals surface area contributed by atoms with E-state index in [4.69, 9.17) is 6.42 Å². The summed E-state index contributed by atoms with van der Waals surface area (Å²) in [4.78, 5) is 0. The minimum Gasteiger partial charge on any atom is -0.385 e. The summed E-state index contributed by atoms with van der Waals surface area (Å²) >= 11 is 0. The van der Waals surface area contributed by atoms with Crippen molar-refractivity contribution in [3.05, 3.63) is 29.6 Å². The number of anilines is 1. The van der Waals surface area contributed by atoms with Crippen LogP contribution in [-0.4, -0.2) is 6.54 Å². The Kier molecular flexibility index (Phi) is 4.00. The topological polar surface area (TPSA) is 12.0 Å². The predicted molar refractivity (Wildman–Crippen MR) is 57.7 cm³/mol. The Hall–Kier alpha value is -1.49. The Morgan fingerprint density at radius 3 is 2.93 bits per heavy atom. The summed E-state index contributed by atoms with van der Waals surface area (Å²) in [6, 6.07) is 4.72. The van der Waals surface area contributed by atoms with Crippen molar-refractivity contribution in [1.82, 2.24) is 0 Å². The highest BCUT2D eigenvalue weighted by molar-refractivity contribution is 5.50. The third-order valence-corrected chi connectivity index (χ3v) is 2.00. The second-order valence-corrected chi connectivity index (χ2v) is 3.19. The molecule has 0 saturated carbocycles. The number of unbranched alkanes of at least 4 members (excludes halogenated alkanes) is 1. The molecule has 0 aromatic heterocycles. The van der Waals surface area contributed by atoms with Gasteiger partial charge in [0, 0.05) is 18.7 Å². The van der Waals surface area contributed by atoms with Crippen molar-refractivity contribution in [2.75, 3.05) is 11.9 Å². The van der Waals surface area contributed by atoms with Crippen LogP contribution in [0, 0.1) is 25.1 Å². The average Bonchev–Trinajstić information content (AvgIpc) is 2.15. The molecule has 0 radical (unpaired) electrons. The third kappa shape index (κ3) is 3.10. The van der Waals surface area contributed by atoms with E-state index in [2.05, 4.69) is 11.2 Å². The van der Waals surface area contributed by atoms with Gasteiger partial charge in [-0.3, -0.25) is 0 Å². The van der Waals surface area contributed by atoms with E-state index >= 15 is 0 Å². The molecule has 1 aromatic rings. The molecule has 14 heavy (non-hydrogen) atoms. The van der Waals surface area contributed by atoms with Crippen LogP contribution in [0.2, 0.25) is 0 Å². The lowest BCUT2D eigenvalue weighted by Gasteiger charge is -2.08. The van der Waals surface area contributed by atoms with E-state index in [0.29, 0.717) is 0 Å². The average molecular weight is 191 g/mol. The molecule has 2 heteroatoms. The second-order valence-electron chi connectivity index (χ2n) is 3.19. The first-order valence-corrected chi connectivity index (χ1v) is 4.67. The van der Waals surface area contributed by atoms with Crippen molar-refractivity contribution in [2.45, 2.75) is 19.8 Å². The lowest BCUT2D eigenvalue weighted by Crippen LogP contribution is -2.02. The molecular weight excluding hydrogens is 177 g/mol. The van der Waals surface area contributed by atoms with E-state index in [1.54, 1.807) is 6.07 Å². The van der Waals surface area contributed by atoms with E-state index in [1.807, 2.05) is 6.92 Å². The molecule has 0 bridgehead atoms. The molecule has 0 aliphatic carbocycles. The van der Waals surface area contributed by atoms with Crippen molar-refractivity contribution in [3.8, 4) is 12.3 Å². The fraction of sp³-hybridized carbons (Fsp3) is 0.333. The maximum Gasteiger partial charge on any atom is 0.123 e.